The molecule has 0 heterocycles. The zero-order valence-electron chi connectivity index (χ0n) is 30.8. The molecule has 4 aromatic carbocycles. The third kappa shape index (κ3) is 11.8. The zero-order chi connectivity index (χ0) is 38.7. The molecule has 0 amide bonds. The second kappa shape index (κ2) is 21.6. The lowest BCUT2D eigenvalue weighted by Gasteiger charge is -2.12. The summed E-state index contributed by atoms with van der Waals surface area (Å²) in [5, 5.41) is 0. The standard InChI is InChI=1S/C44H46O10/c1-3-5-7-9-11-29-39(45)51-37-27-19-17-25-35(37)41(47)31-21-13-15-23-33(31)43(49)53-54-44(50)34-24-16-14-22-32(34)42(48)36-26-18-20-28-38(36)52-40(46)30-12-10-8-6-4-2/h13-28H,3-12,29-30H2,1-2H3. The zero-order valence-corrected chi connectivity index (χ0v) is 30.8. The highest BCUT2D eigenvalue weighted by atomic mass is 17.2. The van der Waals surface area contributed by atoms with Crippen LogP contribution in [0, 0.1) is 0 Å². The molecule has 0 saturated heterocycles. The number of hydrogen-bond donors (Lipinski definition) is 0. The fraction of sp³-hybridized carbons (Fsp3) is 0.318. The van der Waals surface area contributed by atoms with Gasteiger partial charge in [-0.1, -0.05) is 126 Å². The number of ketones is 2. The van der Waals surface area contributed by atoms with Crippen LogP contribution in [-0.4, -0.2) is 35.4 Å². The average Bonchev–Trinajstić information content (AvgIpc) is 3.19. The molecule has 10 nitrogen and oxygen atoms in total. The maximum absolute atomic E-state index is 13.7. The second-order valence-corrected chi connectivity index (χ2v) is 12.8. The van der Waals surface area contributed by atoms with Crippen molar-refractivity contribution in [3.63, 3.8) is 0 Å². The van der Waals surface area contributed by atoms with Crippen molar-refractivity contribution in [3.05, 3.63) is 130 Å². The predicted octanol–water partition coefficient (Wildman–Crippen LogP) is 9.61. The first-order valence-corrected chi connectivity index (χ1v) is 18.5. The Balaban J connectivity index is 1.44. The molecule has 0 aliphatic carbocycles. The maximum atomic E-state index is 13.7. The molecule has 10 heteroatoms. The largest absolute Gasteiger partial charge is 0.426 e. The van der Waals surface area contributed by atoms with Gasteiger partial charge >= 0.3 is 23.9 Å². The molecule has 0 unspecified atom stereocenters. The van der Waals surface area contributed by atoms with E-state index in [1.807, 2.05) is 0 Å². The predicted molar refractivity (Wildman–Crippen MR) is 201 cm³/mol. The summed E-state index contributed by atoms with van der Waals surface area (Å²) in [5.41, 5.74) is -0.469. The van der Waals surface area contributed by atoms with Gasteiger partial charge < -0.3 is 9.47 Å². The van der Waals surface area contributed by atoms with E-state index in [-0.39, 0.29) is 57.7 Å². The van der Waals surface area contributed by atoms with Gasteiger partial charge in [-0.2, -0.15) is 0 Å². The van der Waals surface area contributed by atoms with Crippen LogP contribution in [0.3, 0.4) is 0 Å². The number of ether oxygens (including phenoxy) is 2. The van der Waals surface area contributed by atoms with Crippen molar-refractivity contribution in [2.45, 2.75) is 90.9 Å². The molecule has 4 aromatic rings. The Morgan fingerprint density at radius 1 is 0.389 bits per heavy atom. The minimum Gasteiger partial charge on any atom is -0.426 e. The summed E-state index contributed by atoms with van der Waals surface area (Å²) in [7, 11) is 0. The van der Waals surface area contributed by atoms with Crippen LogP contribution in [0.15, 0.2) is 97.1 Å². The van der Waals surface area contributed by atoms with Crippen molar-refractivity contribution in [2.75, 3.05) is 0 Å². The van der Waals surface area contributed by atoms with Gasteiger partial charge in [0.05, 0.1) is 22.3 Å². The Labute approximate surface area is 315 Å². The van der Waals surface area contributed by atoms with Gasteiger partial charge in [-0.25, -0.2) is 19.4 Å². The molecule has 0 saturated carbocycles. The van der Waals surface area contributed by atoms with Crippen LogP contribution in [-0.2, 0) is 19.4 Å². The van der Waals surface area contributed by atoms with E-state index in [9.17, 15) is 28.8 Å². The van der Waals surface area contributed by atoms with Crippen LogP contribution in [0.4, 0.5) is 0 Å². The molecule has 0 aromatic heterocycles. The van der Waals surface area contributed by atoms with Crippen LogP contribution >= 0.6 is 0 Å². The molecule has 0 bridgehead atoms. The molecule has 0 fully saturated rings. The van der Waals surface area contributed by atoms with Crippen LogP contribution in [0.1, 0.15) is 143 Å². The third-order valence-electron chi connectivity index (χ3n) is 8.66. The maximum Gasteiger partial charge on any atom is 0.387 e. The van der Waals surface area contributed by atoms with Crippen molar-refractivity contribution in [1.29, 1.82) is 0 Å². The minimum atomic E-state index is -1.15. The summed E-state index contributed by atoms with van der Waals surface area (Å²) >= 11 is 0. The first-order valence-electron chi connectivity index (χ1n) is 18.5. The molecule has 0 aliphatic heterocycles. The first-order chi connectivity index (χ1) is 26.2. The van der Waals surface area contributed by atoms with Crippen LogP contribution in [0.2, 0.25) is 0 Å². The van der Waals surface area contributed by atoms with E-state index < -0.39 is 35.4 Å². The number of carbonyl (C=O) groups is 6. The normalized spacial score (nSPS) is 10.6. The molecule has 54 heavy (non-hydrogen) atoms. The SMILES string of the molecule is CCCCCCCC(=O)Oc1ccccc1C(=O)c1ccccc1C(=O)OOC(=O)c1ccccc1C(=O)c1ccccc1OC(=O)CCCCCCC. The monoisotopic (exact) mass is 734 g/mol. The molecule has 0 atom stereocenters. The van der Waals surface area contributed by atoms with Crippen molar-refractivity contribution in [3.8, 4) is 11.5 Å². The molecule has 0 aliphatic rings. The van der Waals surface area contributed by atoms with Gasteiger partial charge in [0.15, 0.2) is 11.6 Å². The number of esters is 2. The first kappa shape index (κ1) is 40.9. The number of benzene rings is 4. The van der Waals surface area contributed by atoms with Crippen molar-refractivity contribution in [2.24, 2.45) is 0 Å². The van der Waals surface area contributed by atoms with E-state index in [1.165, 1.54) is 60.7 Å². The molecule has 0 N–H and O–H groups in total. The molecule has 4 rings (SSSR count). The highest BCUT2D eigenvalue weighted by Crippen LogP contribution is 2.27. The van der Waals surface area contributed by atoms with Gasteiger partial charge in [-0.05, 0) is 49.2 Å². The highest BCUT2D eigenvalue weighted by Gasteiger charge is 2.27. The number of hydrogen-bond acceptors (Lipinski definition) is 10. The lowest BCUT2D eigenvalue weighted by molar-refractivity contribution is -0.187. The van der Waals surface area contributed by atoms with Gasteiger partial charge in [0, 0.05) is 24.0 Å². The van der Waals surface area contributed by atoms with Gasteiger partial charge in [-0.15, -0.1) is 0 Å². The van der Waals surface area contributed by atoms with Gasteiger partial charge in [0.25, 0.3) is 0 Å². The Morgan fingerprint density at radius 2 is 0.704 bits per heavy atom. The Morgan fingerprint density at radius 3 is 1.07 bits per heavy atom. The number of unbranched alkanes of at least 4 members (excludes halogenated alkanes) is 8. The van der Waals surface area contributed by atoms with E-state index >= 15 is 0 Å². The summed E-state index contributed by atoms with van der Waals surface area (Å²) in [6.07, 6.45) is 9.95. The van der Waals surface area contributed by atoms with Crippen LogP contribution in [0.5, 0.6) is 11.5 Å². The molecule has 0 spiro atoms. The highest BCUT2D eigenvalue weighted by molar-refractivity contribution is 6.17. The Bertz CT molecular complexity index is 1790. The van der Waals surface area contributed by atoms with Gasteiger partial charge in [-0.3, -0.25) is 19.2 Å². The van der Waals surface area contributed by atoms with Crippen molar-refractivity contribution in [1.82, 2.24) is 0 Å². The van der Waals surface area contributed by atoms with Crippen molar-refractivity contribution < 1.29 is 48.0 Å². The lowest BCUT2D eigenvalue weighted by atomic mass is 9.97. The summed E-state index contributed by atoms with van der Waals surface area (Å²) in [6, 6.07) is 24.0. The topological polar surface area (TPSA) is 139 Å². The average molecular weight is 735 g/mol. The summed E-state index contributed by atoms with van der Waals surface area (Å²) in [6.45, 7) is 4.22. The van der Waals surface area contributed by atoms with Crippen molar-refractivity contribution >= 4 is 35.4 Å². The van der Waals surface area contributed by atoms with Gasteiger partial charge in [0.1, 0.15) is 11.5 Å². The minimum absolute atomic E-state index is 0.0516. The second-order valence-electron chi connectivity index (χ2n) is 12.8. The van der Waals surface area contributed by atoms with Crippen LogP contribution in [0.25, 0.3) is 0 Å². The smallest absolute Gasteiger partial charge is 0.387 e. The Hall–Kier alpha value is -5.90. The third-order valence-corrected chi connectivity index (χ3v) is 8.66. The van der Waals surface area contributed by atoms with E-state index in [4.69, 9.17) is 19.2 Å². The van der Waals surface area contributed by atoms with E-state index in [0.29, 0.717) is 12.8 Å². The number of para-hydroxylation sites is 2. The molecular weight excluding hydrogens is 688 g/mol. The summed E-state index contributed by atoms with van der Waals surface area (Å²) < 4.78 is 11.1. The quantitative estimate of drug-likeness (QED) is 0.0215. The fourth-order valence-electron chi connectivity index (χ4n) is 5.75. The molecule has 0 radical (unpaired) electrons. The number of carbonyl (C=O) groups excluding carboxylic acids is 6. The van der Waals surface area contributed by atoms with Crippen LogP contribution < -0.4 is 9.47 Å². The van der Waals surface area contributed by atoms with Gasteiger partial charge in [0.2, 0.25) is 0 Å². The summed E-state index contributed by atoms with van der Waals surface area (Å²) in [5.74, 6) is -4.37. The molecular formula is C44H46O10. The molecule has 282 valence electrons. The summed E-state index contributed by atoms with van der Waals surface area (Å²) in [4.78, 5) is 88.9. The Kier molecular flexibility index (Phi) is 16.3. The van der Waals surface area contributed by atoms with E-state index in [0.717, 1.165) is 51.4 Å². The number of rotatable bonds is 20. The fourth-order valence-corrected chi connectivity index (χ4v) is 5.75. The van der Waals surface area contributed by atoms with E-state index in [1.54, 1.807) is 36.4 Å². The lowest BCUT2D eigenvalue weighted by Crippen LogP contribution is -2.18. The van der Waals surface area contributed by atoms with E-state index in [2.05, 4.69) is 13.8 Å².